The van der Waals surface area contributed by atoms with Gasteiger partial charge in [-0.05, 0) is 42.5 Å². The number of halogens is 1. The van der Waals surface area contributed by atoms with Crippen molar-refractivity contribution in [1.29, 1.82) is 0 Å². The molecule has 4 aromatic rings. The molecule has 138 valence electrons. The summed E-state index contributed by atoms with van der Waals surface area (Å²) in [5.41, 5.74) is 2.45. The Kier molecular flexibility index (Phi) is 4.94. The van der Waals surface area contributed by atoms with Gasteiger partial charge in [0.25, 0.3) is 0 Å². The number of benzene rings is 2. The third kappa shape index (κ3) is 3.97. The van der Waals surface area contributed by atoms with Crippen molar-refractivity contribution >= 4 is 58.3 Å². The number of aromatic nitrogens is 5. The van der Waals surface area contributed by atoms with Crippen LogP contribution in [0.15, 0.2) is 61.1 Å². The number of hydrogen-bond acceptors (Lipinski definition) is 7. The minimum Gasteiger partial charge on any atom is -0.324 e. The van der Waals surface area contributed by atoms with E-state index in [1.165, 1.54) is 12.4 Å². The second kappa shape index (κ2) is 7.85. The Bertz CT molecular complexity index is 1170. The molecule has 0 spiro atoms. The molecule has 0 aliphatic carbocycles. The van der Waals surface area contributed by atoms with Crippen molar-refractivity contribution in [2.75, 3.05) is 10.6 Å². The molecule has 4 rings (SSSR count). The highest BCUT2D eigenvalue weighted by atomic mass is 35.5. The number of allylic oxidation sites excluding steroid dienone is 1. The third-order valence-electron chi connectivity index (χ3n) is 3.81. The van der Waals surface area contributed by atoms with Crippen LogP contribution in [-0.4, -0.2) is 31.0 Å². The molecule has 2 aromatic carbocycles. The predicted octanol–water partition coefficient (Wildman–Crippen LogP) is 4.03. The van der Waals surface area contributed by atoms with Gasteiger partial charge in [0, 0.05) is 28.0 Å². The topological polar surface area (TPSA) is 97.6 Å². The summed E-state index contributed by atoms with van der Waals surface area (Å²) >= 11 is 5.99. The van der Waals surface area contributed by atoms with E-state index < -0.39 is 0 Å². The largest absolute Gasteiger partial charge is 0.324 e. The van der Waals surface area contributed by atoms with Crippen molar-refractivity contribution in [2.24, 2.45) is 0 Å². The number of anilines is 4. The lowest BCUT2D eigenvalue weighted by atomic mass is 10.2. The summed E-state index contributed by atoms with van der Waals surface area (Å²) in [4.78, 5) is 23.1. The fraction of sp³-hybridized carbons (Fsp3) is 0. The van der Waals surface area contributed by atoms with Crippen LogP contribution < -0.4 is 10.6 Å². The van der Waals surface area contributed by atoms with E-state index in [2.05, 4.69) is 30.7 Å². The van der Waals surface area contributed by atoms with Gasteiger partial charge in [-0.25, -0.2) is 14.6 Å². The summed E-state index contributed by atoms with van der Waals surface area (Å²) in [6.45, 7) is 0. The Labute approximate surface area is 164 Å². The van der Waals surface area contributed by atoms with Crippen LogP contribution in [0.2, 0.25) is 5.02 Å². The summed E-state index contributed by atoms with van der Waals surface area (Å²) in [5.74, 6) is 0.791. The summed E-state index contributed by atoms with van der Waals surface area (Å²) < 4.78 is 1.63. The van der Waals surface area contributed by atoms with Crippen molar-refractivity contribution in [3.05, 3.63) is 66.1 Å². The molecule has 0 saturated carbocycles. The first-order valence-corrected chi connectivity index (χ1v) is 8.67. The highest BCUT2D eigenvalue weighted by Gasteiger charge is 2.05. The van der Waals surface area contributed by atoms with Crippen molar-refractivity contribution in [3.8, 4) is 0 Å². The lowest BCUT2D eigenvalue weighted by Crippen LogP contribution is -2.02. The summed E-state index contributed by atoms with van der Waals surface area (Å²) in [6.07, 6.45) is 6.83. The number of carbonyl (C=O) groups is 1. The molecule has 0 bridgehead atoms. The molecule has 2 heterocycles. The molecule has 0 amide bonds. The third-order valence-corrected chi connectivity index (χ3v) is 4.05. The quantitative estimate of drug-likeness (QED) is 0.378. The van der Waals surface area contributed by atoms with Gasteiger partial charge < -0.3 is 10.6 Å². The maximum absolute atomic E-state index is 10.5. The lowest BCUT2D eigenvalue weighted by Gasteiger charge is -2.08. The number of rotatable bonds is 6. The lowest BCUT2D eigenvalue weighted by molar-refractivity contribution is -0.104. The van der Waals surface area contributed by atoms with Crippen LogP contribution in [-0.2, 0) is 4.79 Å². The van der Waals surface area contributed by atoms with Crippen LogP contribution in [0.4, 0.5) is 23.3 Å². The molecular weight excluding hydrogens is 378 g/mol. The Morgan fingerprint density at radius 2 is 1.79 bits per heavy atom. The first kappa shape index (κ1) is 17.6. The van der Waals surface area contributed by atoms with Gasteiger partial charge in [0.1, 0.15) is 12.6 Å². The first-order chi connectivity index (χ1) is 13.7. The Morgan fingerprint density at radius 3 is 2.54 bits per heavy atom. The van der Waals surface area contributed by atoms with E-state index in [9.17, 15) is 4.79 Å². The summed E-state index contributed by atoms with van der Waals surface area (Å²) in [5, 5.41) is 12.0. The normalized spacial score (nSPS) is 11.0. The molecule has 28 heavy (non-hydrogen) atoms. The molecular formula is C19H14ClN7O. The average Bonchev–Trinajstić information content (AvgIpc) is 3.09. The SMILES string of the molecule is O=CC=Cn1ncc2cc(Nc3ncnc(Nc4cccc(Cl)c4)n3)ccc21. The van der Waals surface area contributed by atoms with Gasteiger partial charge in [0.05, 0.1) is 11.7 Å². The van der Waals surface area contributed by atoms with Crippen LogP contribution in [0.3, 0.4) is 0 Å². The second-order valence-corrected chi connectivity index (χ2v) is 6.17. The Hall–Kier alpha value is -3.78. The van der Waals surface area contributed by atoms with E-state index in [0.29, 0.717) is 23.2 Å². The fourth-order valence-electron chi connectivity index (χ4n) is 2.61. The number of carbonyl (C=O) groups excluding carboxylic acids is 1. The molecule has 0 atom stereocenters. The molecule has 0 fully saturated rings. The van der Waals surface area contributed by atoms with Crippen LogP contribution in [0.1, 0.15) is 0 Å². The zero-order valence-electron chi connectivity index (χ0n) is 14.5. The molecule has 2 aromatic heterocycles. The predicted molar refractivity (Wildman–Crippen MR) is 109 cm³/mol. The number of fused-ring (bicyclic) bond motifs is 1. The van der Waals surface area contributed by atoms with E-state index >= 15 is 0 Å². The van der Waals surface area contributed by atoms with Crippen molar-refractivity contribution in [2.45, 2.75) is 0 Å². The number of nitrogens with one attached hydrogen (secondary N) is 2. The smallest absolute Gasteiger partial charge is 0.232 e. The van der Waals surface area contributed by atoms with Crippen LogP contribution >= 0.6 is 11.6 Å². The fourth-order valence-corrected chi connectivity index (χ4v) is 2.80. The second-order valence-electron chi connectivity index (χ2n) is 5.73. The van der Waals surface area contributed by atoms with Gasteiger partial charge in [-0.15, -0.1) is 0 Å². The van der Waals surface area contributed by atoms with Gasteiger partial charge in [-0.3, -0.25) is 4.79 Å². The van der Waals surface area contributed by atoms with Gasteiger partial charge in [-0.1, -0.05) is 17.7 Å². The van der Waals surface area contributed by atoms with E-state index in [1.54, 1.807) is 29.2 Å². The number of nitrogens with zero attached hydrogens (tertiary/aromatic N) is 5. The van der Waals surface area contributed by atoms with E-state index in [0.717, 1.165) is 22.3 Å². The maximum atomic E-state index is 10.5. The molecule has 9 heteroatoms. The molecule has 0 radical (unpaired) electrons. The summed E-state index contributed by atoms with van der Waals surface area (Å²) in [7, 11) is 0. The molecule has 0 aliphatic heterocycles. The molecule has 0 aliphatic rings. The summed E-state index contributed by atoms with van der Waals surface area (Å²) in [6, 6.07) is 13.0. The minimum absolute atomic E-state index is 0.395. The van der Waals surface area contributed by atoms with Crippen molar-refractivity contribution < 1.29 is 4.79 Å². The van der Waals surface area contributed by atoms with Gasteiger partial charge in [0.2, 0.25) is 11.9 Å². The standard InChI is InChI=1S/C19H14ClN7O/c20-14-3-1-4-15(10-14)24-18-21-12-22-19(26-18)25-16-5-6-17-13(9-16)11-23-27(17)7-2-8-28/h1-12H,(H2,21,22,24,25,26). The Balaban J connectivity index is 1.54. The monoisotopic (exact) mass is 391 g/mol. The highest BCUT2D eigenvalue weighted by Crippen LogP contribution is 2.22. The molecule has 2 N–H and O–H groups in total. The minimum atomic E-state index is 0.395. The Morgan fingerprint density at radius 1 is 1.00 bits per heavy atom. The van der Waals surface area contributed by atoms with Crippen molar-refractivity contribution in [3.63, 3.8) is 0 Å². The average molecular weight is 392 g/mol. The van der Waals surface area contributed by atoms with E-state index in [4.69, 9.17) is 11.6 Å². The van der Waals surface area contributed by atoms with E-state index in [1.807, 2.05) is 30.3 Å². The van der Waals surface area contributed by atoms with Crippen molar-refractivity contribution in [1.82, 2.24) is 24.7 Å². The van der Waals surface area contributed by atoms with Crippen LogP contribution in [0.25, 0.3) is 17.1 Å². The maximum Gasteiger partial charge on any atom is 0.232 e. The van der Waals surface area contributed by atoms with Gasteiger partial charge in [0.15, 0.2) is 0 Å². The van der Waals surface area contributed by atoms with Gasteiger partial charge in [-0.2, -0.15) is 10.1 Å². The van der Waals surface area contributed by atoms with E-state index in [-0.39, 0.29) is 0 Å². The molecule has 0 unspecified atom stereocenters. The zero-order valence-corrected chi connectivity index (χ0v) is 15.2. The zero-order chi connectivity index (χ0) is 19.3. The number of hydrogen-bond donors (Lipinski definition) is 2. The molecule has 0 saturated heterocycles. The van der Waals surface area contributed by atoms with Crippen LogP contribution in [0.5, 0.6) is 0 Å². The first-order valence-electron chi connectivity index (χ1n) is 8.29. The van der Waals surface area contributed by atoms with Crippen LogP contribution in [0, 0.1) is 0 Å². The highest BCUT2D eigenvalue weighted by molar-refractivity contribution is 6.30. The number of aldehydes is 1. The van der Waals surface area contributed by atoms with Gasteiger partial charge >= 0.3 is 0 Å². The molecule has 8 nitrogen and oxygen atoms in total.